The molecule has 2 heterocycles. The number of anilines is 2. The van der Waals surface area contributed by atoms with Crippen LogP contribution in [0.1, 0.15) is 36.5 Å². The normalized spacial score (nSPS) is 16.5. The zero-order chi connectivity index (χ0) is 23.8. The van der Waals surface area contributed by atoms with Gasteiger partial charge in [-0.15, -0.1) is 0 Å². The average Bonchev–Trinajstić information content (AvgIpc) is 2.78. The summed E-state index contributed by atoms with van der Waals surface area (Å²) in [4.78, 5) is 17.4. The average molecular weight is 466 g/mol. The first-order valence-electron chi connectivity index (χ1n) is 10.8. The summed E-state index contributed by atoms with van der Waals surface area (Å²) >= 11 is 0. The molecule has 0 saturated carbocycles. The number of hydrogen-bond donors (Lipinski definition) is 1. The predicted octanol–water partition coefficient (Wildman–Crippen LogP) is 4.42. The number of rotatable bonds is 5. The zero-order valence-electron chi connectivity index (χ0n) is 19.1. The van der Waals surface area contributed by atoms with Crippen LogP contribution in [-0.2, 0) is 14.8 Å². The predicted molar refractivity (Wildman–Crippen MR) is 128 cm³/mol. The van der Waals surface area contributed by atoms with Crippen LogP contribution in [-0.4, -0.2) is 32.0 Å². The van der Waals surface area contributed by atoms with Crippen LogP contribution in [0.25, 0.3) is 0 Å². The van der Waals surface area contributed by atoms with Gasteiger partial charge in [0.1, 0.15) is 11.8 Å². The lowest BCUT2D eigenvalue weighted by atomic mass is 9.96. The van der Waals surface area contributed by atoms with E-state index in [4.69, 9.17) is 4.74 Å². The van der Waals surface area contributed by atoms with E-state index >= 15 is 0 Å². The van der Waals surface area contributed by atoms with Gasteiger partial charge in [-0.05, 0) is 62.6 Å². The van der Waals surface area contributed by atoms with E-state index in [2.05, 4.69) is 10.3 Å². The van der Waals surface area contributed by atoms with E-state index < -0.39 is 10.0 Å². The molecule has 1 aliphatic heterocycles. The maximum absolute atomic E-state index is 13.5. The fraction of sp³-hybridized carbons (Fsp3) is 0.280. The van der Waals surface area contributed by atoms with Crippen molar-refractivity contribution in [3.05, 3.63) is 77.5 Å². The fourth-order valence-electron chi connectivity index (χ4n) is 3.93. The molecule has 1 amide bonds. The van der Waals surface area contributed by atoms with Crippen LogP contribution in [0.5, 0.6) is 5.88 Å². The second-order valence-corrected chi connectivity index (χ2v) is 10.3. The SMILES string of the molecule is Cc1cccc(S(=O)(=O)N2C[C@H](C)Oc3ncc(NC(=O)C(C)c4ccccc4C)cc32)c1. The molecule has 8 heteroatoms. The van der Waals surface area contributed by atoms with Gasteiger partial charge in [0.2, 0.25) is 11.8 Å². The Hall–Kier alpha value is -3.39. The second kappa shape index (κ2) is 8.86. The number of amides is 1. The molecule has 1 N–H and O–H groups in total. The molecule has 2 atom stereocenters. The molecular weight excluding hydrogens is 438 g/mol. The highest BCUT2D eigenvalue weighted by atomic mass is 32.2. The summed E-state index contributed by atoms with van der Waals surface area (Å²) in [5, 5.41) is 2.87. The molecule has 0 saturated heterocycles. The summed E-state index contributed by atoms with van der Waals surface area (Å²) in [6.45, 7) is 7.58. The minimum atomic E-state index is -3.84. The third-order valence-electron chi connectivity index (χ3n) is 5.73. The zero-order valence-corrected chi connectivity index (χ0v) is 19.9. The molecule has 1 unspecified atom stereocenters. The van der Waals surface area contributed by atoms with Gasteiger partial charge in [-0.3, -0.25) is 9.10 Å². The second-order valence-electron chi connectivity index (χ2n) is 8.40. The van der Waals surface area contributed by atoms with Crippen LogP contribution < -0.4 is 14.4 Å². The van der Waals surface area contributed by atoms with Gasteiger partial charge in [0.25, 0.3) is 10.0 Å². The molecule has 1 aromatic heterocycles. The Balaban J connectivity index is 1.66. The standard InChI is InChI=1S/C25H27N3O4S/c1-16-8-7-10-21(12-16)33(30,31)28-15-18(3)32-25-23(28)13-20(14-26-25)27-24(29)19(4)22-11-6-5-9-17(22)2/h5-14,18-19H,15H2,1-4H3,(H,27,29)/t18-,19?/m0/s1. The van der Waals surface area contributed by atoms with E-state index in [9.17, 15) is 13.2 Å². The Bertz CT molecular complexity index is 1310. The van der Waals surface area contributed by atoms with Gasteiger partial charge in [0, 0.05) is 0 Å². The van der Waals surface area contributed by atoms with Gasteiger partial charge in [-0.1, -0.05) is 36.4 Å². The summed E-state index contributed by atoms with van der Waals surface area (Å²) in [6, 6.07) is 16.1. The quantitative estimate of drug-likeness (QED) is 0.603. The van der Waals surface area contributed by atoms with Crippen LogP contribution in [0, 0.1) is 13.8 Å². The van der Waals surface area contributed by atoms with Crippen molar-refractivity contribution in [1.82, 2.24) is 4.98 Å². The van der Waals surface area contributed by atoms with E-state index in [1.807, 2.05) is 51.1 Å². The van der Waals surface area contributed by atoms with Crippen LogP contribution in [0.2, 0.25) is 0 Å². The lowest BCUT2D eigenvalue weighted by Gasteiger charge is -2.33. The number of carbonyl (C=O) groups excluding carboxylic acids is 1. The van der Waals surface area contributed by atoms with E-state index in [1.165, 1.54) is 10.5 Å². The van der Waals surface area contributed by atoms with Gasteiger partial charge >= 0.3 is 0 Å². The Labute approximate surface area is 194 Å². The van der Waals surface area contributed by atoms with Crippen LogP contribution in [0.4, 0.5) is 11.4 Å². The molecule has 1 aliphatic rings. The van der Waals surface area contributed by atoms with Crippen molar-refractivity contribution in [2.24, 2.45) is 0 Å². The maximum atomic E-state index is 13.5. The van der Waals surface area contributed by atoms with Crippen molar-refractivity contribution in [2.45, 2.75) is 44.6 Å². The van der Waals surface area contributed by atoms with Gasteiger partial charge < -0.3 is 10.1 Å². The van der Waals surface area contributed by atoms with Crippen molar-refractivity contribution in [1.29, 1.82) is 0 Å². The van der Waals surface area contributed by atoms with E-state index in [0.29, 0.717) is 11.4 Å². The number of carbonyl (C=O) groups is 1. The highest BCUT2D eigenvalue weighted by Gasteiger charge is 2.34. The number of nitrogens with zero attached hydrogens (tertiary/aromatic N) is 2. The number of ether oxygens (including phenoxy) is 1. The summed E-state index contributed by atoms with van der Waals surface area (Å²) in [5.41, 5.74) is 3.52. The van der Waals surface area contributed by atoms with Crippen LogP contribution in [0.3, 0.4) is 0 Å². The molecule has 0 fully saturated rings. The summed E-state index contributed by atoms with van der Waals surface area (Å²) in [5.74, 6) is -0.371. The third-order valence-corrected chi connectivity index (χ3v) is 7.51. The van der Waals surface area contributed by atoms with Gasteiger partial charge in [-0.25, -0.2) is 13.4 Å². The van der Waals surface area contributed by atoms with Crippen LogP contribution >= 0.6 is 0 Å². The van der Waals surface area contributed by atoms with Gasteiger partial charge in [0.05, 0.1) is 29.2 Å². The number of aromatic nitrogens is 1. The Morgan fingerprint density at radius 1 is 1.15 bits per heavy atom. The molecular formula is C25H27N3O4S. The van der Waals surface area contributed by atoms with Crippen LogP contribution in [0.15, 0.2) is 65.7 Å². The Morgan fingerprint density at radius 3 is 2.64 bits per heavy atom. The first-order chi connectivity index (χ1) is 15.7. The number of benzene rings is 2. The number of pyridine rings is 1. The monoisotopic (exact) mass is 465 g/mol. The highest BCUT2D eigenvalue weighted by Crippen LogP contribution is 2.37. The van der Waals surface area contributed by atoms with Crippen molar-refractivity contribution in [2.75, 3.05) is 16.2 Å². The molecule has 7 nitrogen and oxygen atoms in total. The smallest absolute Gasteiger partial charge is 0.264 e. The highest BCUT2D eigenvalue weighted by molar-refractivity contribution is 7.92. The summed E-state index contributed by atoms with van der Waals surface area (Å²) in [6.07, 6.45) is 1.11. The maximum Gasteiger partial charge on any atom is 0.264 e. The molecule has 0 aliphatic carbocycles. The molecule has 3 aromatic rings. The number of nitrogens with one attached hydrogen (secondary N) is 1. The third kappa shape index (κ3) is 4.57. The first-order valence-corrected chi connectivity index (χ1v) is 12.2. The van der Waals surface area contributed by atoms with Crippen molar-refractivity contribution in [3.8, 4) is 5.88 Å². The molecule has 0 radical (unpaired) electrons. The van der Waals surface area contributed by atoms with Crippen molar-refractivity contribution < 1.29 is 17.9 Å². The number of sulfonamides is 1. The molecule has 33 heavy (non-hydrogen) atoms. The summed E-state index contributed by atoms with van der Waals surface area (Å²) in [7, 11) is -3.84. The van der Waals surface area contributed by atoms with E-state index in [0.717, 1.165) is 16.7 Å². The molecule has 4 rings (SSSR count). The fourth-order valence-corrected chi connectivity index (χ4v) is 5.57. The lowest BCUT2D eigenvalue weighted by Crippen LogP contribution is -2.42. The molecule has 2 aromatic carbocycles. The summed E-state index contributed by atoms with van der Waals surface area (Å²) < 4.78 is 34.0. The number of aryl methyl sites for hydroxylation is 2. The van der Waals surface area contributed by atoms with E-state index in [-0.39, 0.29) is 35.2 Å². The molecule has 0 bridgehead atoms. The largest absolute Gasteiger partial charge is 0.471 e. The van der Waals surface area contributed by atoms with Gasteiger partial charge in [-0.2, -0.15) is 0 Å². The van der Waals surface area contributed by atoms with E-state index in [1.54, 1.807) is 31.2 Å². The first kappa shape index (κ1) is 22.8. The number of fused-ring (bicyclic) bond motifs is 1. The minimum Gasteiger partial charge on any atom is -0.471 e. The van der Waals surface area contributed by atoms with Crippen molar-refractivity contribution >= 4 is 27.3 Å². The lowest BCUT2D eigenvalue weighted by molar-refractivity contribution is -0.117. The van der Waals surface area contributed by atoms with Gasteiger partial charge in [0.15, 0.2) is 0 Å². The Morgan fingerprint density at radius 2 is 1.91 bits per heavy atom. The topological polar surface area (TPSA) is 88.6 Å². The Kier molecular flexibility index (Phi) is 6.12. The van der Waals surface area contributed by atoms with Crippen molar-refractivity contribution in [3.63, 3.8) is 0 Å². The molecule has 0 spiro atoms. The number of hydrogen-bond acceptors (Lipinski definition) is 5. The minimum absolute atomic E-state index is 0.141. The molecule has 172 valence electrons.